The van der Waals surface area contributed by atoms with E-state index in [2.05, 4.69) is 15.0 Å². The molecule has 7 heteroatoms. The molecule has 0 aliphatic heterocycles. The molecule has 2 rings (SSSR count). The van der Waals surface area contributed by atoms with Crippen LogP contribution in [0.15, 0.2) is 23.5 Å². The highest BCUT2D eigenvalue weighted by Gasteiger charge is 2.10. The molecule has 0 aliphatic rings. The molecule has 0 aliphatic carbocycles. The Balaban J connectivity index is 2.75. The van der Waals surface area contributed by atoms with Crippen LogP contribution in [0, 0.1) is 0 Å². The van der Waals surface area contributed by atoms with E-state index in [-0.39, 0.29) is 5.03 Å². The van der Waals surface area contributed by atoms with Gasteiger partial charge >= 0.3 is 0 Å². The summed E-state index contributed by atoms with van der Waals surface area (Å²) in [6.45, 7) is 0. The standard InChI is InChI=1S/C6H6N4O2S/c7-13(11,12)5-2-1-4-6(10-5)9-3-8-4/h1-3H,(H2,7,11,12)(H,8,9,10). The highest BCUT2D eigenvalue weighted by Crippen LogP contribution is 2.09. The predicted octanol–water partition coefficient (Wildman–Crippen LogP) is -0.395. The molecule has 2 aromatic heterocycles. The van der Waals surface area contributed by atoms with E-state index in [1.807, 2.05) is 0 Å². The molecule has 0 saturated carbocycles. The van der Waals surface area contributed by atoms with Crippen molar-refractivity contribution >= 4 is 21.2 Å². The van der Waals surface area contributed by atoms with E-state index in [4.69, 9.17) is 5.14 Å². The van der Waals surface area contributed by atoms with Gasteiger partial charge in [-0.3, -0.25) is 0 Å². The third-order valence-corrected chi connectivity index (χ3v) is 2.36. The summed E-state index contributed by atoms with van der Waals surface area (Å²) >= 11 is 0. The first kappa shape index (κ1) is 8.14. The van der Waals surface area contributed by atoms with Crippen LogP contribution in [0.3, 0.4) is 0 Å². The Labute approximate surface area is 73.9 Å². The highest BCUT2D eigenvalue weighted by atomic mass is 32.2. The Morgan fingerprint density at radius 1 is 1.38 bits per heavy atom. The molecule has 0 bridgehead atoms. The minimum atomic E-state index is -3.74. The fraction of sp³-hybridized carbons (Fsp3) is 0. The molecule has 0 unspecified atom stereocenters. The van der Waals surface area contributed by atoms with Crippen LogP contribution in [0.5, 0.6) is 0 Å². The van der Waals surface area contributed by atoms with Crippen LogP contribution in [-0.4, -0.2) is 23.4 Å². The van der Waals surface area contributed by atoms with E-state index < -0.39 is 10.0 Å². The van der Waals surface area contributed by atoms with E-state index >= 15 is 0 Å². The van der Waals surface area contributed by atoms with Gasteiger partial charge in [0.1, 0.15) is 0 Å². The minimum absolute atomic E-state index is 0.174. The van der Waals surface area contributed by atoms with Crippen LogP contribution in [0.1, 0.15) is 0 Å². The van der Waals surface area contributed by atoms with E-state index in [0.29, 0.717) is 11.2 Å². The summed E-state index contributed by atoms with van der Waals surface area (Å²) in [5, 5.41) is 4.71. The third-order valence-electron chi connectivity index (χ3n) is 1.55. The maximum atomic E-state index is 10.9. The summed E-state index contributed by atoms with van der Waals surface area (Å²) in [4.78, 5) is 10.3. The number of hydrogen-bond donors (Lipinski definition) is 2. The second-order valence-corrected chi connectivity index (χ2v) is 3.98. The lowest BCUT2D eigenvalue weighted by atomic mass is 10.4. The molecular weight excluding hydrogens is 192 g/mol. The molecule has 2 aromatic rings. The molecule has 0 aromatic carbocycles. The number of aromatic nitrogens is 3. The lowest BCUT2D eigenvalue weighted by molar-refractivity contribution is 0.594. The van der Waals surface area contributed by atoms with Crippen LogP contribution >= 0.6 is 0 Å². The van der Waals surface area contributed by atoms with Crippen LogP contribution < -0.4 is 5.14 Å². The van der Waals surface area contributed by atoms with Crippen molar-refractivity contribution in [2.24, 2.45) is 5.14 Å². The van der Waals surface area contributed by atoms with Crippen molar-refractivity contribution in [1.82, 2.24) is 15.0 Å². The van der Waals surface area contributed by atoms with Gasteiger partial charge in [-0.2, -0.15) is 0 Å². The van der Waals surface area contributed by atoms with Gasteiger partial charge < -0.3 is 4.98 Å². The van der Waals surface area contributed by atoms with Crippen LogP contribution in [0.4, 0.5) is 0 Å². The first-order valence-electron chi connectivity index (χ1n) is 3.40. The van der Waals surface area contributed by atoms with E-state index in [9.17, 15) is 8.42 Å². The normalized spacial score (nSPS) is 12.1. The van der Waals surface area contributed by atoms with Gasteiger partial charge in [0.15, 0.2) is 10.7 Å². The summed E-state index contributed by atoms with van der Waals surface area (Å²) in [7, 11) is -3.74. The third kappa shape index (κ3) is 1.38. The van der Waals surface area contributed by atoms with Gasteiger partial charge in [-0.1, -0.05) is 0 Å². The number of pyridine rings is 1. The van der Waals surface area contributed by atoms with Gasteiger partial charge in [0, 0.05) is 0 Å². The first-order chi connectivity index (χ1) is 6.07. The Bertz CT molecular complexity index is 545. The fourth-order valence-electron chi connectivity index (χ4n) is 0.964. The molecule has 68 valence electrons. The summed E-state index contributed by atoms with van der Waals surface area (Å²) in [5.41, 5.74) is 1.01. The van der Waals surface area contributed by atoms with E-state index in [1.165, 1.54) is 12.4 Å². The number of primary sulfonamides is 1. The number of nitrogens with one attached hydrogen (secondary N) is 1. The molecule has 0 saturated heterocycles. The maximum Gasteiger partial charge on any atom is 0.255 e. The zero-order valence-corrected chi connectivity index (χ0v) is 7.25. The van der Waals surface area contributed by atoms with E-state index in [1.54, 1.807) is 6.07 Å². The smallest absolute Gasteiger partial charge is 0.255 e. The lowest BCUT2D eigenvalue weighted by Crippen LogP contribution is -2.13. The zero-order valence-electron chi connectivity index (χ0n) is 6.43. The molecular formula is C6H6N4O2S. The molecule has 0 fully saturated rings. The number of sulfonamides is 1. The average molecular weight is 198 g/mol. The van der Waals surface area contributed by atoms with Crippen molar-refractivity contribution in [3.63, 3.8) is 0 Å². The quantitative estimate of drug-likeness (QED) is 0.651. The first-order valence-corrected chi connectivity index (χ1v) is 4.95. The van der Waals surface area contributed by atoms with Crippen molar-refractivity contribution in [1.29, 1.82) is 0 Å². The molecule has 2 heterocycles. The lowest BCUT2D eigenvalue weighted by Gasteiger charge is -1.94. The Morgan fingerprint density at radius 2 is 2.15 bits per heavy atom. The van der Waals surface area contributed by atoms with Gasteiger partial charge in [0.2, 0.25) is 0 Å². The average Bonchev–Trinajstić information content (AvgIpc) is 2.47. The van der Waals surface area contributed by atoms with Gasteiger partial charge in [0.05, 0.1) is 11.8 Å². The monoisotopic (exact) mass is 198 g/mol. The maximum absolute atomic E-state index is 10.9. The van der Waals surface area contributed by atoms with Crippen molar-refractivity contribution in [3.8, 4) is 0 Å². The largest absolute Gasteiger partial charge is 0.343 e. The predicted molar refractivity (Wildman–Crippen MR) is 45.3 cm³/mol. The second-order valence-electron chi connectivity index (χ2n) is 2.47. The second kappa shape index (κ2) is 2.51. The summed E-state index contributed by atoms with van der Waals surface area (Å²) < 4.78 is 21.8. The van der Waals surface area contributed by atoms with Crippen molar-refractivity contribution < 1.29 is 8.42 Å². The fourth-order valence-corrected chi connectivity index (χ4v) is 1.43. The van der Waals surface area contributed by atoms with Gasteiger partial charge in [-0.05, 0) is 12.1 Å². The van der Waals surface area contributed by atoms with Crippen molar-refractivity contribution in [2.75, 3.05) is 0 Å². The van der Waals surface area contributed by atoms with Crippen LogP contribution in [0.2, 0.25) is 0 Å². The molecule has 3 N–H and O–H groups in total. The summed E-state index contributed by atoms with van der Waals surface area (Å²) in [5.74, 6) is 0. The Hall–Kier alpha value is -1.47. The molecule has 0 spiro atoms. The molecule has 13 heavy (non-hydrogen) atoms. The number of nitrogens with zero attached hydrogens (tertiary/aromatic N) is 2. The molecule has 0 amide bonds. The van der Waals surface area contributed by atoms with Crippen molar-refractivity contribution in [3.05, 3.63) is 18.5 Å². The van der Waals surface area contributed by atoms with Gasteiger partial charge in [-0.25, -0.2) is 23.5 Å². The number of nitrogens with two attached hydrogens (primary N) is 1. The Kier molecular flexibility index (Phi) is 1.57. The Morgan fingerprint density at radius 3 is 2.85 bits per heavy atom. The number of rotatable bonds is 1. The minimum Gasteiger partial charge on any atom is -0.343 e. The van der Waals surface area contributed by atoms with Crippen molar-refractivity contribution in [2.45, 2.75) is 5.03 Å². The van der Waals surface area contributed by atoms with E-state index in [0.717, 1.165) is 0 Å². The number of hydrogen-bond acceptors (Lipinski definition) is 4. The van der Waals surface area contributed by atoms with Crippen LogP contribution in [-0.2, 0) is 10.0 Å². The topological polar surface area (TPSA) is 102 Å². The summed E-state index contributed by atoms with van der Waals surface area (Å²) in [6, 6.07) is 2.89. The SMILES string of the molecule is NS(=O)(=O)c1ccc2[nH]cnc2n1. The molecule has 0 atom stereocenters. The number of aromatic amines is 1. The number of H-pyrrole nitrogens is 1. The van der Waals surface area contributed by atoms with Gasteiger partial charge in [-0.15, -0.1) is 0 Å². The number of fused-ring (bicyclic) bond motifs is 1. The zero-order chi connectivity index (χ0) is 9.47. The van der Waals surface area contributed by atoms with Gasteiger partial charge in [0.25, 0.3) is 10.0 Å². The molecule has 6 nitrogen and oxygen atoms in total. The number of imidazole rings is 1. The summed E-state index contributed by atoms with van der Waals surface area (Å²) in [6.07, 6.45) is 1.44. The van der Waals surface area contributed by atoms with Crippen LogP contribution in [0.25, 0.3) is 11.2 Å². The molecule has 0 radical (unpaired) electrons. The highest BCUT2D eigenvalue weighted by molar-refractivity contribution is 7.89.